The summed E-state index contributed by atoms with van der Waals surface area (Å²) in [5, 5.41) is 0. The van der Waals surface area contributed by atoms with Gasteiger partial charge in [-0.3, -0.25) is 0 Å². The summed E-state index contributed by atoms with van der Waals surface area (Å²) in [6, 6.07) is 0. The molecule has 1 saturated carbocycles. The lowest BCUT2D eigenvalue weighted by Crippen LogP contribution is -1.93. The van der Waals surface area contributed by atoms with Gasteiger partial charge in [-0.1, -0.05) is 26.2 Å². The second-order valence-electron chi connectivity index (χ2n) is 1.85. The summed E-state index contributed by atoms with van der Waals surface area (Å²) in [5.41, 5.74) is 5.03. The minimum Gasteiger partial charge on any atom is -0.330 e. The Hall–Kier alpha value is -0.0400. The van der Waals surface area contributed by atoms with Crippen LogP contribution in [0.5, 0.6) is 0 Å². The number of hydrogen-bond acceptors (Lipinski definition) is 1. The molecule has 0 heterocycles. The number of rotatable bonds is 1. The number of nitrogens with two attached hydrogens (primary N) is 1. The minimum atomic E-state index is 0.819. The molecule has 7 heavy (non-hydrogen) atoms. The molecule has 0 aromatic carbocycles. The van der Waals surface area contributed by atoms with Crippen LogP contribution in [0.3, 0.4) is 0 Å². The van der Waals surface area contributed by atoms with E-state index < -0.39 is 0 Å². The van der Waals surface area contributed by atoms with Gasteiger partial charge in [-0.25, -0.2) is 0 Å². The molecule has 1 aliphatic rings. The van der Waals surface area contributed by atoms with E-state index in [1.165, 1.54) is 19.3 Å². The average Bonchev–Trinajstić information content (AvgIpc) is 2.47. The maximum absolute atomic E-state index is 5.03. The fraction of sp³-hybridized carbons (Fsp3) is 1.00. The molecule has 1 rings (SSSR count). The summed E-state index contributed by atoms with van der Waals surface area (Å²) >= 11 is 0. The van der Waals surface area contributed by atoms with Crippen LogP contribution in [0.1, 0.15) is 32.6 Å². The highest BCUT2D eigenvalue weighted by Crippen LogP contribution is 2.14. The third-order valence-corrected chi connectivity index (χ3v) is 0.642. The first-order valence-electron chi connectivity index (χ1n) is 3.12. The van der Waals surface area contributed by atoms with Gasteiger partial charge in [0, 0.05) is 0 Å². The summed E-state index contributed by atoms with van der Waals surface area (Å²) in [6.07, 6.45) is 5.60. The Bertz CT molecular complexity index is 20.6. The molecule has 0 radical (unpaired) electrons. The van der Waals surface area contributed by atoms with Gasteiger partial charge >= 0.3 is 0 Å². The molecule has 1 aliphatic carbocycles. The van der Waals surface area contributed by atoms with Crippen LogP contribution in [-0.2, 0) is 0 Å². The van der Waals surface area contributed by atoms with E-state index >= 15 is 0 Å². The van der Waals surface area contributed by atoms with E-state index in [4.69, 9.17) is 5.73 Å². The molecule has 0 aromatic heterocycles. The van der Waals surface area contributed by atoms with Crippen LogP contribution in [0.2, 0.25) is 0 Å². The second kappa shape index (κ2) is 5.96. The molecule has 1 nitrogen and oxygen atoms in total. The molecule has 0 bridgehead atoms. The van der Waals surface area contributed by atoms with Crippen LogP contribution in [0, 0.1) is 0 Å². The lowest BCUT2D eigenvalue weighted by molar-refractivity contribution is 0.932. The average molecular weight is 101 g/mol. The van der Waals surface area contributed by atoms with E-state index in [2.05, 4.69) is 6.92 Å². The second-order valence-corrected chi connectivity index (χ2v) is 1.85. The van der Waals surface area contributed by atoms with Crippen LogP contribution in [-0.4, -0.2) is 6.54 Å². The molecule has 0 unspecified atom stereocenters. The zero-order chi connectivity index (χ0) is 5.54. The Balaban J connectivity index is 0.000000105. The summed E-state index contributed by atoms with van der Waals surface area (Å²) in [6.45, 7) is 2.88. The van der Waals surface area contributed by atoms with E-state index in [0.717, 1.165) is 13.0 Å². The van der Waals surface area contributed by atoms with Crippen molar-refractivity contribution in [2.45, 2.75) is 32.6 Å². The van der Waals surface area contributed by atoms with Crippen molar-refractivity contribution in [1.29, 1.82) is 0 Å². The van der Waals surface area contributed by atoms with Crippen molar-refractivity contribution >= 4 is 0 Å². The maximum Gasteiger partial charge on any atom is -0.00799 e. The van der Waals surface area contributed by atoms with Gasteiger partial charge in [0.2, 0.25) is 0 Å². The standard InChI is InChI=1S/C3H9N.C3H6/c1-2-3-4;1-2-3-1/h2-4H2,1H3;1-3H2. The Kier molecular flexibility index (Phi) is 5.93. The molecule has 0 aromatic rings. The normalized spacial score (nSPS) is 14.6. The third-order valence-electron chi connectivity index (χ3n) is 0.642. The van der Waals surface area contributed by atoms with Gasteiger partial charge < -0.3 is 5.73 Å². The first-order valence-corrected chi connectivity index (χ1v) is 3.12. The fourth-order valence-electron chi connectivity index (χ4n) is 0. The van der Waals surface area contributed by atoms with E-state index in [1.807, 2.05) is 0 Å². The topological polar surface area (TPSA) is 26.0 Å². The molecule has 2 N–H and O–H groups in total. The van der Waals surface area contributed by atoms with Crippen molar-refractivity contribution in [3.63, 3.8) is 0 Å². The van der Waals surface area contributed by atoms with E-state index in [1.54, 1.807) is 0 Å². The zero-order valence-electron chi connectivity index (χ0n) is 5.11. The predicted octanol–water partition coefficient (Wildman–Crippen LogP) is 1.53. The monoisotopic (exact) mass is 101 g/mol. The van der Waals surface area contributed by atoms with Crippen molar-refractivity contribution in [3.05, 3.63) is 0 Å². The van der Waals surface area contributed by atoms with Crippen LogP contribution in [0.15, 0.2) is 0 Å². The highest BCUT2D eigenvalue weighted by Gasteiger charge is 1.95. The molecule has 44 valence electrons. The SMILES string of the molecule is C1CC1.CCCN. The van der Waals surface area contributed by atoms with Gasteiger partial charge in [-0.2, -0.15) is 0 Å². The lowest BCUT2D eigenvalue weighted by atomic mass is 10.5. The van der Waals surface area contributed by atoms with Gasteiger partial charge in [0.05, 0.1) is 0 Å². The van der Waals surface area contributed by atoms with Crippen molar-refractivity contribution < 1.29 is 0 Å². The first kappa shape index (κ1) is 6.96. The molecule has 0 amide bonds. The third kappa shape index (κ3) is 24.3. The summed E-state index contributed by atoms with van der Waals surface area (Å²) in [7, 11) is 0. The van der Waals surface area contributed by atoms with Crippen LogP contribution >= 0.6 is 0 Å². The van der Waals surface area contributed by atoms with Gasteiger partial charge in [-0.05, 0) is 13.0 Å². The Morgan fingerprint density at radius 3 is 1.57 bits per heavy atom. The van der Waals surface area contributed by atoms with Gasteiger partial charge in [0.25, 0.3) is 0 Å². The zero-order valence-corrected chi connectivity index (χ0v) is 5.11. The highest BCUT2D eigenvalue weighted by molar-refractivity contribution is 4.50. The summed E-state index contributed by atoms with van der Waals surface area (Å²) in [4.78, 5) is 0. The smallest absolute Gasteiger partial charge is 0.00799 e. The first-order chi connectivity index (χ1) is 3.41. The minimum absolute atomic E-state index is 0.819. The number of hydrogen-bond donors (Lipinski definition) is 1. The lowest BCUT2D eigenvalue weighted by Gasteiger charge is -1.70. The molecular weight excluding hydrogens is 86.1 g/mol. The van der Waals surface area contributed by atoms with Crippen LogP contribution < -0.4 is 5.73 Å². The quantitative estimate of drug-likeness (QED) is 0.532. The van der Waals surface area contributed by atoms with Crippen LogP contribution in [0.4, 0.5) is 0 Å². The molecule has 1 fully saturated rings. The van der Waals surface area contributed by atoms with Crippen molar-refractivity contribution in [1.82, 2.24) is 0 Å². The predicted molar refractivity (Wildman–Crippen MR) is 33.2 cm³/mol. The van der Waals surface area contributed by atoms with E-state index in [-0.39, 0.29) is 0 Å². The van der Waals surface area contributed by atoms with Gasteiger partial charge in [0.1, 0.15) is 0 Å². The van der Waals surface area contributed by atoms with Crippen LogP contribution in [0.25, 0.3) is 0 Å². The molecule has 0 spiro atoms. The fourth-order valence-corrected chi connectivity index (χ4v) is 0. The van der Waals surface area contributed by atoms with E-state index in [0.29, 0.717) is 0 Å². The van der Waals surface area contributed by atoms with E-state index in [9.17, 15) is 0 Å². The Labute approximate surface area is 45.9 Å². The van der Waals surface area contributed by atoms with Crippen molar-refractivity contribution in [3.8, 4) is 0 Å². The maximum atomic E-state index is 5.03. The Morgan fingerprint density at radius 1 is 1.29 bits per heavy atom. The Morgan fingerprint density at radius 2 is 1.57 bits per heavy atom. The van der Waals surface area contributed by atoms with Gasteiger partial charge in [-0.15, -0.1) is 0 Å². The van der Waals surface area contributed by atoms with Crippen molar-refractivity contribution in [2.24, 2.45) is 5.73 Å². The molecule has 1 heteroatoms. The summed E-state index contributed by atoms with van der Waals surface area (Å²) in [5.74, 6) is 0. The van der Waals surface area contributed by atoms with Gasteiger partial charge in [0.15, 0.2) is 0 Å². The van der Waals surface area contributed by atoms with Crippen molar-refractivity contribution in [2.75, 3.05) is 6.54 Å². The largest absolute Gasteiger partial charge is 0.330 e. The molecule has 0 atom stereocenters. The summed E-state index contributed by atoms with van der Waals surface area (Å²) < 4.78 is 0. The highest BCUT2D eigenvalue weighted by atomic mass is 14.5. The molecule has 0 saturated heterocycles. The molecular formula is C6H15N. The molecule has 0 aliphatic heterocycles.